The fraction of sp³-hybridized carbons (Fsp3) is 0.625. The molecule has 0 aliphatic rings. The monoisotopic (exact) mass is 260 g/mol. The molecule has 0 amide bonds. The summed E-state index contributed by atoms with van der Waals surface area (Å²) in [6.45, 7) is 4.74. The van der Waals surface area contributed by atoms with Crippen LogP contribution in [0.5, 0.6) is 0 Å². The third-order valence-electron chi connectivity index (χ3n) is 2.07. The van der Waals surface area contributed by atoms with Gasteiger partial charge in [-0.05, 0) is 29.3 Å². The van der Waals surface area contributed by atoms with Crippen LogP contribution in [0.15, 0.2) is 4.47 Å². The van der Waals surface area contributed by atoms with Gasteiger partial charge in [0.2, 0.25) is 0 Å². The Hall–Kier alpha value is -0.325. The van der Waals surface area contributed by atoms with Crippen LogP contribution in [0.25, 0.3) is 0 Å². The fourth-order valence-corrected chi connectivity index (χ4v) is 2.11. The van der Waals surface area contributed by atoms with Gasteiger partial charge in [0.05, 0.1) is 15.9 Å². The molecular weight excluding hydrogens is 247 g/mol. The van der Waals surface area contributed by atoms with Gasteiger partial charge in [-0.2, -0.15) is 5.10 Å². The Morgan fingerprint density at radius 2 is 2.07 bits per heavy atom. The highest BCUT2D eigenvalue weighted by Gasteiger charge is 2.18. The van der Waals surface area contributed by atoms with E-state index in [1.54, 1.807) is 4.68 Å². The highest BCUT2D eigenvalue weighted by Crippen LogP contribution is 2.22. The lowest BCUT2D eigenvalue weighted by atomic mass is 9.84. The van der Waals surface area contributed by atoms with Gasteiger partial charge in [0.25, 0.3) is 0 Å². The lowest BCUT2D eigenvalue weighted by Crippen LogP contribution is -2.18. The summed E-state index contributed by atoms with van der Waals surface area (Å²) in [6, 6.07) is 0. The van der Waals surface area contributed by atoms with Crippen molar-refractivity contribution in [3.63, 3.8) is 0 Å². The largest absolute Gasteiger partial charge is 0.457 e. The summed E-state index contributed by atoms with van der Waals surface area (Å²) in [5, 5.41) is 22.2. The molecule has 0 aromatic carbocycles. The van der Waals surface area contributed by atoms with Crippen molar-refractivity contribution >= 4 is 23.0 Å². The Kier molecular flexibility index (Phi) is 4.16. The van der Waals surface area contributed by atoms with Gasteiger partial charge in [0, 0.05) is 12.9 Å². The average Bonchev–Trinajstić information content (AvgIpc) is 2.43. The summed E-state index contributed by atoms with van der Waals surface area (Å²) in [4.78, 5) is 0. The van der Waals surface area contributed by atoms with E-state index in [2.05, 4.69) is 21.0 Å². The zero-order valence-corrected chi connectivity index (χ0v) is 9.95. The second-order valence-electron chi connectivity index (χ2n) is 3.06. The van der Waals surface area contributed by atoms with E-state index in [-0.39, 0.29) is 6.32 Å². The molecule has 0 aliphatic heterocycles. The molecule has 0 aliphatic carbocycles. The SMILES string of the molecule is CCc1nn(CC)c(CB(O)O)c1Br. The Balaban J connectivity index is 3.04. The Morgan fingerprint density at radius 1 is 1.43 bits per heavy atom. The van der Waals surface area contributed by atoms with Gasteiger partial charge in [0.15, 0.2) is 0 Å². The summed E-state index contributed by atoms with van der Waals surface area (Å²) >= 11 is 3.43. The minimum Gasteiger partial charge on any atom is -0.427 e. The zero-order valence-electron chi connectivity index (χ0n) is 8.37. The molecule has 2 N–H and O–H groups in total. The number of hydrogen-bond donors (Lipinski definition) is 2. The van der Waals surface area contributed by atoms with E-state index in [0.717, 1.165) is 28.8 Å². The number of halogens is 1. The average molecular weight is 261 g/mol. The second kappa shape index (κ2) is 4.95. The Labute approximate surface area is 92.2 Å². The van der Waals surface area contributed by atoms with Crippen LogP contribution >= 0.6 is 15.9 Å². The highest BCUT2D eigenvalue weighted by atomic mass is 79.9. The van der Waals surface area contributed by atoms with Gasteiger partial charge in [-0.1, -0.05) is 6.92 Å². The van der Waals surface area contributed by atoms with Crippen molar-refractivity contribution in [3.8, 4) is 0 Å². The Bertz CT molecular complexity index is 315. The van der Waals surface area contributed by atoms with Crippen LogP contribution in [0.3, 0.4) is 0 Å². The van der Waals surface area contributed by atoms with Gasteiger partial charge in [0.1, 0.15) is 0 Å². The van der Waals surface area contributed by atoms with Crippen LogP contribution in [0.1, 0.15) is 25.2 Å². The molecule has 14 heavy (non-hydrogen) atoms. The summed E-state index contributed by atoms with van der Waals surface area (Å²) in [7, 11) is -1.32. The number of nitrogens with zero attached hydrogens (tertiary/aromatic N) is 2. The van der Waals surface area contributed by atoms with Crippen LogP contribution in [0.4, 0.5) is 0 Å². The first-order valence-corrected chi connectivity index (χ1v) is 5.49. The quantitative estimate of drug-likeness (QED) is 0.787. The third-order valence-corrected chi connectivity index (χ3v) is 2.99. The summed E-state index contributed by atoms with van der Waals surface area (Å²) < 4.78 is 2.69. The molecule has 6 heteroatoms. The van der Waals surface area contributed by atoms with Gasteiger partial charge >= 0.3 is 7.12 Å². The van der Waals surface area contributed by atoms with E-state index in [0.29, 0.717) is 0 Å². The molecular formula is C8H14BBrN2O2. The van der Waals surface area contributed by atoms with E-state index in [9.17, 15) is 0 Å². The van der Waals surface area contributed by atoms with Crippen LogP contribution < -0.4 is 0 Å². The maximum absolute atomic E-state index is 8.93. The first kappa shape index (κ1) is 11.7. The summed E-state index contributed by atoms with van der Waals surface area (Å²) in [5.74, 6) is 0. The van der Waals surface area contributed by atoms with Gasteiger partial charge < -0.3 is 10.0 Å². The maximum Gasteiger partial charge on any atom is 0.457 e. The number of aryl methyl sites for hydroxylation is 2. The molecule has 0 spiro atoms. The van der Waals surface area contributed by atoms with Gasteiger partial charge in [-0.25, -0.2) is 0 Å². The molecule has 1 rings (SSSR count). The lowest BCUT2D eigenvalue weighted by molar-refractivity contribution is 0.402. The molecule has 4 nitrogen and oxygen atoms in total. The molecule has 0 saturated carbocycles. The molecule has 0 fully saturated rings. The molecule has 1 aromatic rings. The molecule has 78 valence electrons. The summed E-state index contributed by atoms with van der Waals surface area (Å²) in [6.07, 6.45) is 1.05. The van der Waals surface area contributed by atoms with E-state index in [1.165, 1.54) is 0 Å². The molecule has 0 saturated heterocycles. The molecule has 1 aromatic heterocycles. The highest BCUT2D eigenvalue weighted by molar-refractivity contribution is 9.10. The first-order valence-electron chi connectivity index (χ1n) is 4.70. The van der Waals surface area contributed by atoms with Crippen molar-refractivity contribution < 1.29 is 10.0 Å². The van der Waals surface area contributed by atoms with E-state index >= 15 is 0 Å². The molecule has 0 unspecified atom stereocenters. The summed E-state index contributed by atoms with van der Waals surface area (Å²) in [5.41, 5.74) is 1.81. The molecule has 0 radical (unpaired) electrons. The molecule has 0 bridgehead atoms. The van der Waals surface area contributed by atoms with E-state index in [4.69, 9.17) is 10.0 Å². The third kappa shape index (κ3) is 2.37. The first-order chi connectivity index (χ1) is 6.60. The van der Waals surface area contributed by atoms with Crippen molar-refractivity contribution in [3.05, 3.63) is 15.9 Å². The molecule has 1 heterocycles. The van der Waals surface area contributed by atoms with Crippen molar-refractivity contribution in [1.29, 1.82) is 0 Å². The van der Waals surface area contributed by atoms with Crippen molar-refractivity contribution in [2.24, 2.45) is 0 Å². The lowest BCUT2D eigenvalue weighted by Gasteiger charge is -2.03. The number of rotatable bonds is 4. The molecule has 0 atom stereocenters. The second-order valence-corrected chi connectivity index (χ2v) is 3.85. The standard InChI is InChI=1S/C8H14BBrN2O2/c1-3-6-8(10)7(5-9(13)14)12(4-2)11-6/h13-14H,3-5H2,1-2H3. The number of hydrogen-bond acceptors (Lipinski definition) is 3. The predicted octanol–water partition coefficient (Wildman–Crippen LogP) is 0.782. The normalized spacial score (nSPS) is 10.6. The van der Waals surface area contributed by atoms with Gasteiger partial charge in [-0.3, -0.25) is 4.68 Å². The zero-order chi connectivity index (χ0) is 10.7. The van der Waals surface area contributed by atoms with Crippen molar-refractivity contribution in [2.75, 3.05) is 0 Å². The topological polar surface area (TPSA) is 58.3 Å². The smallest absolute Gasteiger partial charge is 0.427 e. The van der Waals surface area contributed by atoms with Crippen molar-refractivity contribution in [2.45, 2.75) is 33.1 Å². The van der Waals surface area contributed by atoms with Gasteiger partial charge in [-0.15, -0.1) is 0 Å². The minimum absolute atomic E-state index is 0.210. The Morgan fingerprint density at radius 3 is 2.50 bits per heavy atom. The van der Waals surface area contributed by atoms with E-state index < -0.39 is 7.12 Å². The van der Waals surface area contributed by atoms with Crippen LogP contribution in [-0.2, 0) is 19.3 Å². The predicted molar refractivity (Wildman–Crippen MR) is 58.9 cm³/mol. The van der Waals surface area contributed by atoms with Crippen LogP contribution in [0.2, 0.25) is 0 Å². The fourth-order valence-electron chi connectivity index (χ4n) is 1.39. The van der Waals surface area contributed by atoms with E-state index in [1.807, 2.05) is 13.8 Å². The van der Waals surface area contributed by atoms with Crippen molar-refractivity contribution in [1.82, 2.24) is 9.78 Å². The number of aromatic nitrogens is 2. The minimum atomic E-state index is -1.32. The van der Waals surface area contributed by atoms with Crippen LogP contribution in [-0.4, -0.2) is 26.9 Å². The van der Waals surface area contributed by atoms with Crippen LogP contribution in [0, 0.1) is 0 Å². The maximum atomic E-state index is 8.93.